The number of amides is 1. The summed E-state index contributed by atoms with van der Waals surface area (Å²) in [4.78, 5) is 13.8. The molecule has 4 heteroatoms. The van der Waals surface area contributed by atoms with Crippen molar-refractivity contribution in [2.45, 2.75) is 44.7 Å². The van der Waals surface area contributed by atoms with Gasteiger partial charge in [-0.15, -0.1) is 0 Å². The van der Waals surface area contributed by atoms with Crippen molar-refractivity contribution in [2.24, 2.45) is 0 Å². The van der Waals surface area contributed by atoms with Crippen LogP contribution >= 0.6 is 11.8 Å². The normalized spacial score (nSPS) is 17.2. The summed E-state index contributed by atoms with van der Waals surface area (Å²) in [6.45, 7) is 2.98. The van der Waals surface area contributed by atoms with Crippen molar-refractivity contribution in [1.29, 1.82) is 0 Å². The molecule has 3 nitrogen and oxygen atoms in total. The van der Waals surface area contributed by atoms with Gasteiger partial charge < -0.3 is 10.2 Å². The average molecular weight is 244 g/mol. The number of nitrogens with zero attached hydrogens (tertiary/aromatic N) is 1. The van der Waals surface area contributed by atoms with Crippen LogP contribution < -0.4 is 5.32 Å². The molecule has 0 radical (unpaired) electrons. The lowest BCUT2D eigenvalue weighted by atomic mass is 10.2. The fraction of sp³-hybridized carbons (Fsp3) is 0.917. The van der Waals surface area contributed by atoms with Crippen LogP contribution in [0.25, 0.3) is 0 Å². The number of hydrogen-bond acceptors (Lipinski definition) is 3. The van der Waals surface area contributed by atoms with Gasteiger partial charge >= 0.3 is 0 Å². The van der Waals surface area contributed by atoms with Crippen LogP contribution in [0.5, 0.6) is 0 Å². The van der Waals surface area contributed by atoms with Crippen molar-refractivity contribution in [3.8, 4) is 0 Å². The predicted molar refractivity (Wildman–Crippen MR) is 70.9 cm³/mol. The number of hydrogen-bond donors (Lipinski definition) is 1. The Balaban J connectivity index is 2.20. The van der Waals surface area contributed by atoms with Gasteiger partial charge in [0, 0.05) is 37.8 Å². The van der Waals surface area contributed by atoms with Gasteiger partial charge in [-0.3, -0.25) is 4.79 Å². The standard InChI is InChI=1S/C12H24N2OS/c1-4-11(9-16-3)14(2)12(15)7-8-13-10-5-6-10/h10-11,13H,4-9H2,1-3H3. The molecule has 0 aromatic rings. The first-order valence-electron chi connectivity index (χ1n) is 6.17. The first-order valence-corrected chi connectivity index (χ1v) is 7.56. The second-order valence-electron chi connectivity index (χ2n) is 4.50. The highest BCUT2D eigenvalue weighted by Gasteiger charge is 2.21. The summed E-state index contributed by atoms with van der Waals surface area (Å²) in [5, 5.41) is 3.38. The Morgan fingerprint density at radius 2 is 2.25 bits per heavy atom. The van der Waals surface area contributed by atoms with E-state index >= 15 is 0 Å². The molecule has 1 saturated carbocycles. The van der Waals surface area contributed by atoms with Crippen molar-refractivity contribution < 1.29 is 4.79 Å². The topological polar surface area (TPSA) is 32.3 Å². The summed E-state index contributed by atoms with van der Waals surface area (Å²) in [6.07, 6.45) is 6.34. The zero-order chi connectivity index (χ0) is 12.0. The summed E-state index contributed by atoms with van der Waals surface area (Å²) >= 11 is 1.81. The van der Waals surface area contributed by atoms with Gasteiger partial charge in [-0.25, -0.2) is 0 Å². The number of carbonyl (C=O) groups excluding carboxylic acids is 1. The zero-order valence-electron chi connectivity index (χ0n) is 10.7. The summed E-state index contributed by atoms with van der Waals surface area (Å²) in [6, 6.07) is 1.09. The average Bonchev–Trinajstić information content (AvgIpc) is 3.08. The van der Waals surface area contributed by atoms with Crippen molar-refractivity contribution in [2.75, 3.05) is 25.6 Å². The molecule has 1 rings (SSSR count). The van der Waals surface area contributed by atoms with Crippen molar-refractivity contribution >= 4 is 17.7 Å². The number of rotatable bonds is 8. The third-order valence-corrected chi connectivity index (χ3v) is 3.84. The van der Waals surface area contributed by atoms with Crippen molar-refractivity contribution in [3.05, 3.63) is 0 Å². The summed E-state index contributed by atoms with van der Waals surface area (Å²) < 4.78 is 0. The Morgan fingerprint density at radius 1 is 1.56 bits per heavy atom. The summed E-state index contributed by atoms with van der Waals surface area (Å²) in [5.41, 5.74) is 0. The predicted octanol–water partition coefficient (Wildman–Crippen LogP) is 1.73. The number of thioether (sulfide) groups is 1. The van der Waals surface area contributed by atoms with E-state index < -0.39 is 0 Å². The third kappa shape index (κ3) is 4.74. The molecule has 1 unspecified atom stereocenters. The van der Waals surface area contributed by atoms with E-state index in [1.165, 1.54) is 12.8 Å². The van der Waals surface area contributed by atoms with Crippen molar-refractivity contribution in [1.82, 2.24) is 10.2 Å². The van der Waals surface area contributed by atoms with Gasteiger partial charge in [-0.05, 0) is 25.5 Å². The van der Waals surface area contributed by atoms with Crippen molar-refractivity contribution in [3.63, 3.8) is 0 Å². The fourth-order valence-corrected chi connectivity index (χ4v) is 2.59. The van der Waals surface area contributed by atoms with Crippen LogP contribution in [0.15, 0.2) is 0 Å². The van der Waals surface area contributed by atoms with Gasteiger partial charge in [-0.2, -0.15) is 11.8 Å². The molecule has 0 bridgehead atoms. The van der Waals surface area contributed by atoms with Crippen LogP contribution in [0.1, 0.15) is 32.6 Å². The minimum absolute atomic E-state index is 0.272. The van der Waals surface area contributed by atoms with Gasteiger partial charge in [0.1, 0.15) is 0 Å². The van der Waals surface area contributed by atoms with E-state index in [4.69, 9.17) is 0 Å². The maximum absolute atomic E-state index is 11.9. The van der Waals surface area contributed by atoms with E-state index in [0.29, 0.717) is 18.5 Å². The molecule has 1 aliphatic carbocycles. The van der Waals surface area contributed by atoms with Crippen LogP contribution in [0, 0.1) is 0 Å². The molecule has 0 aromatic heterocycles. The molecule has 0 aliphatic heterocycles. The smallest absolute Gasteiger partial charge is 0.223 e. The van der Waals surface area contributed by atoms with Crippen LogP contribution in [-0.2, 0) is 4.79 Å². The molecule has 0 aromatic carbocycles. The zero-order valence-corrected chi connectivity index (χ0v) is 11.5. The van der Waals surface area contributed by atoms with Gasteiger partial charge in [0.2, 0.25) is 5.91 Å². The first-order chi connectivity index (χ1) is 7.69. The Kier molecular flexibility index (Phi) is 6.21. The first kappa shape index (κ1) is 13.8. The fourth-order valence-electron chi connectivity index (χ4n) is 1.75. The lowest BCUT2D eigenvalue weighted by Gasteiger charge is -2.26. The lowest BCUT2D eigenvalue weighted by molar-refractivity contribution is -0.131. The Bertz CT molecular complexity index is 219. The van der Waals surface area contributed by atoms with E-state index in [1.807, 2.05) is 23.7 Å². The molecule has 1 N–H and O–H groups in total. The van der Waals surface area contributed by atoms with Gasteiger partial charge in [0.05, 0.1) is 0 Å². The highest BCUT2D eigenvalue weighted by atomic mass is 32.2. The minimum Gasteiger partial charge on any atom is -0.342 e. The molecular formula is C12H24N2OS. The molecule has 1 aliphatic rings. The second kappa shape index (κ2) is 7.17. The molecule has 1 fully saturated rings. The van der Waals surface area contributed by atoms with Gasteiger partial charge in [-0.1, -0.05) is 6.92 Å². The molecule has 0 saturated heterocycles. The van der Waals surface area contributed by atoms with Gasteiger partial charge in [0.25, 0.3) is 0 Å². The van der Waals surface area contributed by atoms with E-state index in [2.05, 4.69) is 18.5 Å². The Labute approximate surface area is 103 Å². The van der Waals surface area contributed by atoms with E-state index in [0.717, 1.165) is 18.7 Å². The monoisotopic (exact) mass is 244 g/mol. The summed E-state index contributed by atoms with van der Waals surface area (Å²) in [7, 11) is 1.93. The summed E-state index contributed by atoms with van der Waals surface area (Å²) in [5.74, 6) is 1.31. The lowest BCUT2D eigenvalue weighted by Crippen LogP contribution is -2.39. The second-order valence-corrected chi connectivity index (χ2v) is 5.41. The van der Waals surface area contributed by atoms with Crippen LogP contribution in [-0.4, -0.2) is 48.5 Å². The number of carbonyl (C=O) groups is 1. The van der Waals surface area contributed by atoms with E-state index in [1.54, 1.807) is 0 Å². The molecule has 0 heterocycles. The van der Waals surface area contributed by atoms with Crippen LogP contribution in [0.3, 0.4) is 0 Å². The molecule has 0 spiro atoms. The molecule has 1 amide bonds. The molecule has 1 atom stereocenters. The quantitative estimate of drug-likeness (QED) is 0.706. The largest absolute Gasteiger partial charge is 0.342 e. The Hall–Kier alpha value is -0.220. The third-order valence-electron chi connectivity index (χ3n) is 3.12. The highest BCUT2D eigenvalue weighted by Crippen LogP contribution is 2.18. The Morgan fingerprint density at radius 3 is 2.75 bits per heavy atom. The van der Waals surface area contributed by atoms with Crippen LogP contribution in [0.2, 0.25) is 0 Å². The van der Waals surface area contributed by atoms with Crippen LogP contribution in [0.4, 0.5) is 0 Å². The minimum atomic E-state index is 0.272. The van der Waals surface area contributed by atoms with E-state index in [-0.39, 0.29) is 5.91 Å². The molecular weight excluding hydrogens is 220 g/mol. The van der Waals surface area contributed by atoms with Gasteiger partial charge in [0.15, 0.2) is 0 Å². The maximum Gasteiger partial charge on any atom is 0.223 e. The van der Waals surface area contributed by atoms with E-state index in [9.17, 15) is 4.79 Å². The highest BCUT2D eigenvalue weighted by molar-refractivity contribution is 7.98. The maximum atomic E-state index is 11.9. The molecule has 94 valence electrons. The molecule has 16 heavy (non-hydrogen) atoms. The SMILES string of the molecule is CCC(CSC)N(C)C(=O)CCNC1CC1. The number of nitrogens with one attached hydrogen (secondary N) is 1.